The van der Waals surface area contributed by atoms with E-state index < -0.39 is 0 Å². The van der Waals surface area contributed by atoms with Gasteiger partial charge in [-0.1, -0.05) is 24.3 Å². The second kappa shape index (κ2) is 4.44. The lowest BCUT2D eigenvalue weighted by atomic mass is 9.91. The van der Waals surface area contributed by atoms with Crippen LogP contribution in [0.3, 0.4) is 0 Å². The molecule has 2 aliphatic heterocycles. The van der Waals surface area contributed by atoms with Crippen LogP contribution in [-0.2, 0) is 11.2 Å². The van der Waals surface area contributed by atoms with Gasteiger partial charge in [-0.2, -0.15) is 4.98 Å². The number of anilines is 2. The summed E-state index contributed by atoms with van der Waals surface area (Å²) in [5.41, 5.74) is 2.82. The average molecular weight is 282 g/mol. The molecule has 1 atom stereocenters. The van der Waals surface area contributed by atoms with E-state index in [9.17, 15) is 4.79 Å². The molecule has 1 amide bonds. The van der Waals surface area contributed by atoms with Crippen LogP contribution in [0.15, 0.2) is 30.6 Å². The van der Waals surface area contributed by atoms with Crippen LogP contribution in [0, 0.1) is 0 Å². The van der Waals surface area contributed by atoms with Crippen LogP contribution in [0.1, 0.15) is 17.2 Å². The number of carbonyl (C=O) groups excluding carboxylic acids is 1. The number of carbonyl (C=O) groups is 1. The Morgan fingerprint density at radius 3 is 3.05 bits per heavy atom. The van der Waals surface area contributed by atoms with Gasteiger partial charge in [0.1, 0.15) is 18.1 Å². The highest BCUT2D eigenvalue weighted by Crippen LogP contribution is 2.43. The number of methoxy groups -OCH3 is 1. The Morgan fingerprint density at radius 1 is 1.33 bits per heavy atom. The van der Waals surface area contributed by atoms with Crippen molar-refractivity contribution in [3.05, 3.63) is 41.7 Å². The molecule has 21 heavy (non-hydrogen) atoms. The monoisotopic (exact) mass is 282 g/mol. The number of aromatic nitrogens is 2. The SMILES string of the molecule is COc1ncnc2c1NC(=O)C1c3ccccc3CCN21. The van der Waals surface area contributed by atoms with Gasteiger partial charge in [-0.05, 0) is 17.5 Å². The third-order valence-electron chi connectivity index (χ3n) is 4.04. The van der Waals surface area contributed by atoms with Gasteiger partial charge in [0.05, 0.1) is 7.11 Å². The first-order valence-electron chi connectivity index (χ1n) is 6.84. The van der Waals surface area contributed by atoms with Crippen molar-refractivity contribution in [2.24, 2.45) is 0 Å². The number of nitrogens with one attached hydrogen (secondary N) is 1. The smallest absolute Gasteiger partial charge is 0.252 e. The number of ether oxygens (including phenoxy) is 1. The maximum Gasteiger partial charge on any atom is 0.252 e. The summed E-state index contributed by atoms with van der Waals surface area (Å²) in [7, 11) is 1.53. The maximum absolute atomic E-state index is 12.6. The molecule has 0 saturated heterocycles. The number of rotatable bonds is 1. The molecule has 3 heterocycles. The molecular formula is C15H14N4O2. The minimum absolute atomic E-state index is 0.0669. The molecule has 6 nitrogen and oxygen atoms in total. The normalized spacial score (nSPS) is 19.2. The molecule has 0 spiro atoms. The summed E-state index contributed by atoms with van der Waals surface area (Å²) < 4.78 is 5.22. The Kier molecular flexibility index (Phi) is 2.57. The van der Waals surface area contributed by atoms with Crippen molar-refractivity contribution < 1.29 is 9.53 Å². The van der Waals surface area contributed by atoms with Crippen LogP contribution in [0.25, 0.3) is 0 Å². The van der Waals surface area contributed by atoms with E-state index in [1.165, 1.54) is 19.0 Å². The van der Waals surface area contributed by atoms with Crippen LogP contribution in [-0.4, -0.2) is 29.5 Å². The molecular weight excluding hydrogens is 268 g/mol. The summed E-state index contributed by atoms with van der Waals surface area (Å²) >= 11 is 0. The van der Waals surface area contributed by atoms with Gasteiger partial charge in [-0.25, -0.2) is 4.98 Å². The van der Waals surface area contributed by atoms with E-state index in [4.69, 9.17) is 4.74 Å². The molecule has 0 aliphatic carbocycles. The molecule has 1 aromatic carbocycles. The lowest BCUT2D eigenvalue weighted by molar-refractivity contribution is -0.118. The first-order valence-corrected chi connectivity index (χ1v) is 6.84. The highest BCUT2D eigenvalue weighted by molar-refractivity contribution is 6.04. The first kappa shape index (κ1) is 12.1. The lowest BCUT2D eigenvalue weighted by Crippen LogP contribution is -2.46. The standard InChI is InChI=1S/C15H14N4O2/c1-21-15-11-13(16-8-17-15)19-7-6-9-4-2-3-5-10(9)12(19)14(20)18-11/h2-5,8,12H,6-7H2,1H3,(H,18,20). The second-order valence-corrected chi connectivity index (χ2v) is 5.12. The molecule has 6 heteroatoms. The van der Waals surface area contributed by atoms with Crippen LogP contribution >= 0.6 is 0 Å². The van der Waals surface area contributed by atoms with E-state index in [1.807, 2.05) is 23.1 Å². The third-order valence-corrected chi connectivity index (χ3v) is 4.04. The van der Waals surface area contributed by atoms with Gasteiger partial charge in [-0.3, -0.25) is 4.79 Å². The maximum atomic E-state index is 12.6. The number of nitrogens with zero attached hydrogens (tertiary/aromatic N) is 3. The van der Waals surface area contributed by atoms with Gasteiger partial charge in [0.25, 0.3) is 5.91 Å². The van der Waals surface area contributed by atoms with Crippen LogP contribution < -0.4 is 15.0 Å². The zero-order valence-electron chi connectivity index (χ0n) is 11.5. The van der Waals surface area contributed by atoms with Crippen LogP contribution in [0.5, 0.6) is 5.88 Å². The van der Waals surface area contributed by atoms with Gasteiger partial charge in [0.15, 0.2) is 5.82 Å². The van der Waals surface area contributed by atoms with Gasteiger partial charge >= 0.3 is 0 Å². The number of amides is 1. The number of hydrogen-bond acceptors (Lipinski definition) is 5. The Labute approximate surface area is 121 Å². The van der Waals surface area contributed by atoms with E-state index in [1.54, 1.807) is 0 Å². The fourth-order valence-electron chi connectivity index (χ4n) is 3.11. The zero-order chi connectivity index (χ0) is 14.4. The molecule has 0 radical (unpaired) electrons. The van der Waals surface area contributed by atoms with Crippen molar-refractivity contribution in [3.63, 3.8) is 0 Å². The predicted molar refractivity (Wildman–Crippen MR) is 77.4 cm³/mol. The number of hydrogen-bond donors (Lipinski definition) is 1. The second-order valence-electron chi connectivity index (χ2n) is 5.12. The molecule has 0 fully saturated rings. The third kappa shape index (κ3) is 1.68. The topological polar surface area (TPSA) is 67.4 Å². The van der Waals surface area contributed by atoms with E-state index in [2.05, 4.69) is 21.4 Å². The van der Waals surface area contributed by atoms with E-state index in [-0.39, 0.29) is 11.9 Å². The largest absolute Gasteiger partial charge is 0.479 e. The minimum atomic E-state index is -0.331. The summed E-state index contributed by atoms with van der Waals surface area (Å²) in [5.74, 6) is 1.05. The van der Waals surface area contributed by atoms with Crippen molar-refractivity contribution in [2.45, 2.75) is 12.5 Å². The summed E-state index contributed by atoms with van der Waals surface area (Å²) in [5, 5.41) is 2.89. The fraction of sp³-hybridized carbons (Fsp3) is 0.267. The Balaban J connectivity index is 1.88. The Bertz CT molecular complexity index is 731. The van der Waals surface area contributed by atoms with E-state index >= 15 is 0 Å². The number of benzene rings is 1. The summed E-state index contributed by atoms with van der Waals surface area (Å²) in [6, 6.07) is 7.73. The zero-order valence-corrected chi connectivity index (χ0v) is 11.5. The van der Waals surface area contributed by atoms with Crippen LogP contribution in [0.4, 0.5) is 11.5 Å². The van der Waals surface area contributed by atoms with Gasteiger partial charge in [-0.15, -0.1) is 0 Å². The fourth-order valence-corrected chi connectivity index (χ4v) is 3.11. The van der Waals surface area contributed by atoms with Crippen molar-refractivity contribution in [2.75, 3.05) is 23.9 Å². The van der Waals surface area contributed by atoms with Crippen molar-refractivity contribution >= 4 is 17.4 Å². The highest BCUT2D eigenvalue weighted by atomic mass is 16.5. The van der Waals surface area contributed by atoms with Gasteiger partial charge in [0.2, 0.25) is 5.88 Å². The summed E-state index contributed by atoms with van der Waals surface area (Å²) in [4.78, 5) is 23.0. The van der Waals surface area contributed by atoms with Crippen molar-refractivity contribution in [1.29, 1.82) is 0 Å². The minimum Gasteiger partial charge on any atom is -0.479 e. The highest BCUT2D eigenvalue weighted by Gasteiger charge is 2.40. The molecule has 2 aliphatic rings. The molecule has 106 valence electrons. The molecule has 1 unspecified atom stereocenters. The quantitative estimate of drug-likeness (QED) is 0.859. The van der Waals surface area contributed by atoms with Crippen LogP contribution in [0.2, 0.25) is 0 Å². The lowest BCUT2D eigenvalue weighted by Gasteiger charge is -2.41. The molecule has 0 bridgehead atoms. The van der Waals surface area contributed by atoms with Gasteiger partial charge in [0, 0.05) is 6.54 Å². The Morgan fingerprint density at radius 2 is 2.19 bits per heavy atom. The van der Waals surface area contributed by atoms with E-state index in [0.717, 1.165) is 24.3 Å². The molecule has 2 aromatic rings. The van der Waals surface area contributed by atoms with Gasteiger partial charge < -0.3 is 15.0 Å². The molecule has 0 saturated carbocycles. The van der Waals surface area contributed by atoms with Crippen molar-refractivity contribution in [1.82, 2.24) is 9.97 Å². The predicted octanol–water partition coefficient (Wildman–Crippen LogP) is 1.54. The molecule has 1 N–H and O–H groups in total. The average Bonchev–Trinajstić information content (AvgIpc) is 2.54. The van der Waals surface area contributed by atoms with E-state index in [0.29, 0.717) is 11.6 Å². The Hall–Kier alpha value is -2.63. The number of fused-ring (bicyclic) bond motifs is 5. The summed E-state index contributed by atoms with van der Waals surface area (Å²) in [6.07, 6.45) is 2.36. The summed E-state index contributed by atoms with van der Waals surface area (Å²) in [6.45, 7) is 0.752. The van der Waals surface area contributed by atoms with Crippen molar-refractivity contribution in [3.8, 4) is 5.88 Å². The molecule has 1 aromatic heterocycles. The first-order chi connectivity index (χ1) is 10.3. The molecule has 4 rings (SSSR count).